The van der Waals surface area contributed by atoms with Crippen LogP contribution in [0.5, 0.6) is 5.75 Å². The number of carbonyl (C=O) groups is 1. The summed E-state index contributed by atoms with van der Waals surface area (Å²) in [6.45, 7) is 5.93. The highest BCUT2D eigenvalue weighted by Gasteiger charge is 2.19. The van der Waals surface area contributed by atoms with Gasteiger partial charge in [-0.3, -0.25) is 4.79 Å². The van der Waals surface area contributed by atoms with E-state index < -0.39 is 0 Å². The van der Waals surface area contributed by atoms with Crippen molar-refractivity contribution in [3.8, 4) is 5.75 Å². The molecule has 0 aliphatic rings. The number of hydrogen-bond acceptors (Lipinski definition) is 3. The van der Waals surface area contributed by atoms with Crippen molar-refractivity contribution in [2.45, 2.75) is 30.9 Å². The number of carbonyl (C=O) groups excluding carboxylic acids is 1. The molecule has 2 rings (SSSR count). The average molecular weight is 300 g/mol. The summed E-state index contributed by atoms with van der Waals surface area (Å²) < 4.78 is 5.34. The molecule has 0 bridgehead atoms. The van der Waals surface area contributed by atoms with Crippen LogP contribution in [0, 0.1) is 13.8 Å². The summed E-state index contributed by atoms with van der Waals surface area (Å²) in [4.78, 5) is 13.7. The zero-order chi connectivity index (χ0) is 15.4. The fourth-order valence-corrected chi connectivity index (χ4v) is 3.22. The van der Waals surface area contributed by atoms with Crippen LogP contribution in [0.15, 0.2) is 47.4 Å². The summed E-state index contributed by atoms with van der Waals surface area (Å²) in [5.41, 5.74) is 2.95. The Kier molecular flexibility index (Phi) is 5.07. The molecule has 0 aromatic heterocycles. The fraction of sp³-hybridized carbons (Fsp3) is 0.278. The molecular formula is C18H20O2S. The van der Waals surface area contributed by atoms with Gasteiger partial charge < -0.3 is 4.74 Å². The van der Waals surface area contributed by atoms with Crippen molar-refractivity contribution in [2.24, 2.45) is 0 Å². The topological polar surface area (TPSA) is 26.3 Å². The number of methoxy groups -OCH3 is 1. The predicted molar refractivity (Wildman–Crippen MR) is 88.6 cm³/mol. The average Bonchev–Trinajstić information content (AvgIpc) is 2.49. The molecule has 2 aromatic carbocycles. The Morgan fingerprint density at radius 1 is 1.14 bits per heavy atom. The van der Waals surface area contributed by atoms with Crippen molar-refractivity contribution >= 4 is 17.5 Å². The molecule has 110 valence electrons. The van der Waals surface area contributed by atoms with Crippen LogP contribution < -0.4 is 4.74 Å². The highest BCUT2D eigenvalue weighted by Crippen LogP contribution is 2.33. The number of ketones is 1. The summed E-state index contributed by atoms with van der Waals surface area (Å²) >= 11 is 1.54. The van der Waals surface area contributed by atoms with Crippen LogP contribution in [0.25, 0.3) is 0 Å². The number of ether oxygens (including phenoxy) is 1. The second-order valence-electron chi connectivity index (χ2n) is 5.09. The van der Waals surface area contributed by atoms with Gasteiger partial charge in [-0.25, -0.2) is 0 Å². The van der Waals surface area contributed by atoms with Crippen LogP contribution in [-0.2, 0) is 0 Å². The Hall–Kier alpha value is -1.74. The van der Waals surface area contributed by atoms with Crippen molar-refractivity contribution in [3.63, 3.8) is 0 Å². The van der Waals surface area contributed by atoms with E-state index in [9.17, 15) is 4.79 Å². The van der Waals surface area contributed by atoms with Gasteiger partial charge in [-0.1, -0.05) is 29.8 Å². The molecule has 0 heterocycles. The predicted octanol–water partition coefficient (Wildman–Crippen LogP) is 4.68. The molecular weight excluding hydrogens is 280 g/mol. The monoisotopic (exact) mass is 300 g/mol. The zero-order valence-corrected chi connectivity index (χ0v) is 13.7. The van der Waals surface area contributed by atoms with Crippen LogP contribution in [0.1, 0.15) is 28.4 Å². The van der Waals surface area contributed by atoms with Crippen molar-refractivity contribution in [2.75, 3.05) is 7.11 Å². The second-order valence-corrected chi connectivity index (χ2v) is 6.48. The number of hydrogen-bond donors (Lipinski definition) is 0. The van der Waals surface area contributed by atoms with Crippen LogP contribution in [0.2, 0.25) is 0 Å². The lowest BCUT2D eigenvalue weighted by Crippen LogP contribution is -2.15. The SMILES string of the molecule is COc1ccccc1SC(C)C(=O)c1cc(C)ccc1C. The third-order valence-corrected chi connectivity index (χ3v) is 4.56. The van der Waals surface area contributed by atoms with E-state index in [1.807, 2.05) is 63.2 Å². The van der Waals surface area contributed by atoms with Gasteiger partial charge in [-0.05, 0) is 44.5 Å². The highest BCUT2D eigenvalue weighted by molar-refractivity contribution is 8.00. The van der Waals surface area contributed by atoms with Gasteiger partial charge in [0.05, 0.1) is 17.3 Å². The lowest BCUT2D eigenvalue weighted by Gasteiger charge is -2.14. The number of aryl methyl sites for hydroxylation is 2. The first-order valence-electron chi connectivity index (χ1n) is 6.94. The summed E-state index contributed by atoms with van der Waals surface area (Å²) in [6.07, 6.45) is 0. The van der Waals surface area contributed by atoms with E-state index in [0.717, 1.165) is 27.3 Å². The van der Waals surface area contributed by atoms with Crippen LogP contribution in [-0.4, -0.2) is 18.1 Å². The minimum atomic E-state index is -0.151. The minimum absolute atomic E-state index is 0.151. The second kappa shape index (κ2) is 6.81. The Morgan fingerprint density at radius 2 is 1.86 bits per heavy atom. The van der Waals surface area contributed by atoms with Crippen molar-refractivity contribution in [1.82, 2.24) is 0 Å². The first-order chi connectivity index (χ1) is 10.0. The maximum atomic E-state index is 12.7. The smallest absolute Gasteiger partial charge is 0.176 e. The van der Waals surface area contributed by atoms with Crippen LogP contribution >= 0.6 is 11.8 Å². The van der Waals surface area contributed by atoms with E-state index in [1.54, 1.807) is 7.11 Å². The molecule has 0 aliphatic carbocycles. The first-order valence-corrected chi connectivity index (χ1v) is 7.82. The standard InChI is InChI=1S/C18H20O2S/c1-12-9-10-13(2)15(11-12)18(19)14(3)21-17-8-6-5-7-16(17)20-4/h5-11,14H,1-4H3. The lowest BCUT2D eigenvalue weighted by molar-refractivity contribution is 0.0993. The van der Waals surface area contributed by atoms with Gasteiger partial charge in [0, 0.05) is 5.56 Å². The van der Waals surface area contributed by atoms with Crippen LogP contribution in [0.3, 0.4) is 0 Å². The van der Waals surface area contributed by atoms with E-state index in [1.165, 1.54) is 11.8 Å². The molecule has 2 aromatic rings. The number of para-hydroxylation sites is 1. The Bertz CT molecular complexity index is 649. The van der Waals surface area contributed by atoms with Gasteiger partial charge in [-0.15, -0.1) is 11.8 Å². The maximum Gasteiger partial charge on any atom is 0.176 e. The Balaban J connectivity index is 2.22. The first kappa shape index (κ1) is 15.6. The van der Waals surface area contributed by atoms with Gasteiger partial charge >= 0.3 is 0 Å². The third-order valence-electron chi connectivity index (χ3n) is 3.40. The number of benzene rings is 2. The molecule has 0 saturated heterocycles. The van der Waals surface area contributed by atoms with E-state index in [2.05, 4.69) is 0 Å². The van der Waals surface area contributed by atoms with Crippen LogP contribution in [0.4, 0.5) is 0 Å². The van der Waals surface area contributed by atoms with E-state index in [-0.39, 0.29) is 11.0 Å². The van der Waals surface area contributed by atoms with E-state index >= 15 is 0 Å². The Morgan fingerprint density at radius 3 is 2.57 bits per heavy atom. The van der Waals surface area contributed by atoms with Gasteiger partial charge in [0.15, 0.2) is 5.78 Å². The minimum Gasteiger partial charge on any atom is -0.496 e. The van der Waals surface area contributed by atoms with Crippen molar-refractivity contribution in [3.05, 3.63) is 59.2 Å². The highest BCUT2D eigenvalue weighted by atomic mass is 32.2. The quantitative estimate of drug-likeness (QED) is 0.592. The molecule has 0 fully saturated rings. The lowest BCUT2D eigenvalue weighted by atomic mass is 10.0. The molecule has 21 heavy (non-hydrogen) atoms. The number of Topliss-reactive ketones (excluding diaryl/α,β-unsaturated/α-hetero) is 1. The molecule has 1 atom stereocenters. The summed E-state index contributed by atoms with van der Waals surface area (Å²) in [6, 6.07) is 13.8. The normalized spacial score (nSPS) is 12.0. The van der Waals surface area contributed by atoms with Gasteiger partial charge in [0.2, 0.25) is 0 Å². The molecule has 3 heteroatoms. The Labute approximate surface area is 130 Å². The van der Waals surface area contributed by atoms with Gasteiger partial charge in [-0.2, -0.15) is 0 Å². The van der Waals surface area contributed by atoms with Crippen molar-refractivity contribution in [1.29, 1.82) is 0 Å². The largest absolute Gasteiger partial charge is 0.496 e. The van der Waals surface area contributed by atoms with E-state index in [0.29, 0.717) is 0 Å². The molecule has 0 aliphatic heterocycles. The summed E-state index contributed by atoms with van der Waals surface area (Å²) in [5, 5.41) is -0.151. The number of rotatable bonds is 5. The maximum absolute atomic E-state index is 12.7. The third kappa shape index (κ3) is 3.67. The molecule has 1 unspecified atom stereocenters. The van der Waals surface area contributed by atoms with Gasteiger partial charge in [0.25, 0.3) is 0 Å². The van der Waals surface area contributed by atoms with E-state index in [4.69, 9.17) is 4.74 Å². The molecule has 0 spiro atoms. The molecule has 0 radical (unpaired) electrons. The molecule has 0 amide bonds. The number of thioether (sulfide) groups is 1. The molecule has 2 nitrogen and oxygen atoms in total. The molecule has 0 N–H and O–H groups in total. The van der Waals surface area contributed by atoms with Crippen molar-refractivity contribution < 1.29 is 9.53 Å². The summed E-state index contributed by atoms with van der Waals surface area (Å²) in [5.74, 6) is 0.968. The van der Waals surface area contributed by atoms with Gasteiger partial charge in [0.1, 0.15) is 5.75 Å². The fourth-order valence-electron chi connectivity index (χ4n) is 2.18. The molecule has 0 saturated carbocycles. The summed E-state index contributed by atoms with van der Waals surface area (Å²) in [7, 11) is 1.65. The zero-order valence-electron chi connectivity index (χ0n) is 12.8.